The van der Waals surface area contributed by atoms with Gasteiger partial charge in [-0.25, -0.2) is 0 Å². The molecule has 0 spiro atoms. The van der Waals surface area contributed by atoms with E-state index in [2.05, 4.69) is 10.9 Å². The van der Waals surface area contributed by atoms with Gasteiger partial charge in [-0.05, 0) is 5.56 Å². The minimum Gasteiger partial charge on any atom is -0.489 e. The Morgan fingerprint density at radius 2 is 2.00 bits per heavy atom. The lowest BCUT2D eigenvalue weighted by Crippen LogP contribution is -2.07. The Morgan fingerprint density at radius 1 is 1.24 bits per heavy atom. The fourth-order valence-electron chi connectivity index (χ4n) is 1.42. The maximum atomic E-state index is 11.3. The Morgan fingerprint density at radius 3 is 2.71 bits per heavy atom. The molecule has 1 aromatic heterocycles. The maximum absolute atomic E-state index is 11.3. The molecule has 1 N–H and O–H groups in total. The van der Waals surface area contributed by atoms with Crippen LogP contribution >= 0.6 is 0 Å². The summed E-state index contributed by atoms with van der Waals surface area (Å²) in [6.07, 6.45) is 5.22. The molecule has 3 heteroatoms. The zero-order chi connectivity index (χ0) is 12.1. The van der Waals surface area contributed by atoms with Crippen molar-refractivity contribution in [3.63, 3.8) is 0 Å². The highest BCUT2D eigenvalue weighted by molar-refractivity contribution is 5.32. The van der Waals surface area contributed by atoms with Crippen molar-refractivity contribution in [2.24, 2.45) is 0 Å². The quantitative estimate of drug-likeness (QED) is 0.811. The van der Waals surface area contributed by atoms with Crippen molar-refractivity contribution >= 4 is 0 Å². The molecular formula is C14H11NO2. The lowest BCUT2D eigenvalue weighted by Gasteiger charge is -2.05. The average molecular weight is 225 g/mol. The summed E-state index contributed by atoms with van der Waals surface area (Å²) in [4.78, 5) is 13.8. The van der Waals surface area contributed by atoms with Crippen LogP contribution in [0.4, 0.5) is 0 Å². The lowest BCUT2D eigenvalue weighted by atomic mass is 10.2. The van der Waals surface area contributed by atoms with Gasteiger partial charge in [0, 0.05) is 12.1 Å². The number of aromatic nitrogens is 1. The third-order valence-corrected chi connectivity index (χ3v) is 2.22. The molecule has 1 heterocycles. The van der Waals surface area contributed by atoms with Crippen LogP contribution in [-0.2, 0) is 6.61 Å². The van der Waals surface area contributed by atoms with E-state index in [1.54, 1.807) is 6.07 Å². The molecule has 2 aromatic rings. The highest BCUT2D eigenvalue weighted by atomic mass is 16.5. The van der Waals surface area contributed by atoms with Gasteiger partial charge in [0.15, 0.2) is 0 Å². The molecule has 0 saturated heterocycles. The highest BCUT2D eigenvalue weighted by Crippen LogP contribution is 2.10. The molecule has 0 amide bonds. The van der Waals surface area contributed by atoms with Gasteiger partial charge < -0.3 is 9.72 Å². The summed E-state index contributed by atoms with van der Waals surface area (Å²) in [6.45, 7) is 0.411. The maximum Gasteiger partial charge on any atom is 0.252 e. The van der Waals surface area contributed by atoms with Crippen LogP contribution in [0.1, 0.15) is 11.3 Å². The van der Waals surface area contributed by atoms with Crippen molar-refractivity contribution in [1.82, 2.24) is 4.98 Å². The molecule has 0 aliphatic heterocycles. The number of hydrogen-bond acceptors (Lipinski definition) is 2. The number of hydrogen-bond donors (Lipinski definition) is 1. The highest BCUT2D eigenvalue weighted by Gasteiger charge is 1.99. The summed E-state index contributed by atoms with van der Waals surface area (Å²) in [7, 11) is 0. The standard InChI is InChI=1S/C14H11NO2/c1-2-12-8-13(9-14(16)15-12)17-10-11-6-4-3-5-7-11/h1,3-9H,10H2,(H,15,16). The van der Waals surface area contributed by atoms with Gasteiger partial charge >= 0.3 is 0 Å². The van der Waals surface area contributed by atoms with Gasteiger partial charge in [-0.1, -0.05) is 36.3 Å². The SMILES string of the molecule is C#Cc1cc(OCc2ccccc2)cc(=O)[nH]1. The zero-order valence-electron chi connectivity index (χ0n) is 9.14. The van der Waals surface area contributed by atoms with Gasteiger partial charge in [-0.15, -0.1) is 6.42 Å². The molecule has 0 bridgehead atoms. The fourth-order valence-corrected chi connectivity index (χ4v) is 1.42. The predicted molar refractivity (Wildman–Crippen MR) is 65.8 cm³/mol. The van der Waals surface area contributed by atoms with Crippen LogP contribution in [0.5, 0.6) is 5.75 Å². The van der Waals surface area contributed by atoms with E-state index in [0.29, 0.717) is 18.1 Å². The van der Waals surface area contributed by atoms with Crippen LogP contribution in [0.3, 0.4) is 0 Å². The van der Waals surface area contributed by atoms with Crippen LogP contribution in [0.25, 0.3) is 0 Å². The first-order valence-corrected chi connectivity index (χ1v) is 5.15. The first-order chi connectivity index (χ1) is 8.28. The zero-order valence-corrected chi connectivity index (χ0v) is 9.14. The largest absolute Gasteiger partial charge is 0.489 e. The predicted octanol–water partition coefficient (Wildman–Crippen LogP) is 1.94. The van der Waals surface area contributed by atoms with Crippen LogP contribution in [0.2, 0.25) is 0 Å². The molecule has 0 aliphatic rings. The van der Waals surface area contributed by atoms with Crippen LogP contribution < -0.4 is 10.3 Å². The fraction of sp³-hybridized carbons (Fsp3) is 0.0714. The van der Waals surface area contributed by atoms with Crippen LogP contribution in [0, 0.1) is 12.3 Å². The van der Waals surface area contributed by atoms with E-state index >= 15 is 0 Å². The topological polar surface area (TPSA) is 42.1 Å². The molecule has 0 radical (unpaired) electrons. The van der Waals surface area contributed by atoms with Crippen molar-refractivity contribution in [2.45, 2.75) is 6.61 Å². The molecule has 0 fully saturated rings. The molecule has 0 aliphatic carbocycles. The normalized spacial score (nSPS) is 9.59. The number of rotatable bonds is 3. The third kappa shape index (κ3) is 2.99. The molecule has 84 valence electrons. The van der Waals surface area contributed by atoms with Crippen molar-refractivity contribution < 1.29 is 4.74 Å². The second-order valence-corrected chi connectivity index (χ2v) is 3.51. The summed E-state index contributed by atoms with van der Waals surface area (Å²) in [5.41, 5.74) is 1.19. The van der Waals surface area contributed by atoms with Gasteiger partial charge in [0.1, 0.15) is 12.4 Å². The molecular weight excluding hydrogens is 214 g/mol. The lowest BCUT2D eigenvalue weighted by molar-refractivity contribution is 0.305. The summed E-state index contributed by atoms with van der Waals surface area (Å²) >= 11 is 0. The molecule has 0 saturated carbocycles. The Balaban J connectivity index is 2.12. The van der Waals surface area contributed by atoms with E-state index in [-0.39, 0.29) is 5.56 Å². The van der Waals surface area contributed by atoms with Crippen molar-refractivity contribution in [2.75, 3.05) is 0 Å². The monoisotopic (exact) mass is 225 g/mol. The van der Waals surface area contributed by atoms with Gasteiger partial charge in [0.05, 0.1) is 5.69 Å². The number of H-pyrrole nitrogens is 1. The number of terminal acetylenes is 1. The molecule has 1 aromatic carbocycles. The number of ether oxygens (including phenoxy) is 1. The second-order valence-electron chi connectivity index (χ2n) is 3.51. The Labute approximate surface area is 99.1 Å². The van der Waals surface area contributed by atoms with Crippen LogP contribution in [0.15, 0.2) is 47.3 Å². The minimum atomic E-state index is -0.261. The summed E-state index contributed by atoms with van der Waals surface area (Å²) in [5, 5.41) is 0. The van der Waals surface area contributed by atoms with Gasteiger partial charge in [-0.3, -0.25) is 4.79 Å². The van der Waals surface area contributed by atoms with Gasteiger partial charge in [-0.2, -0.15) is 0 Å². The molecule has 0 atom stereocenters. The molecule has 17 heavy (non-hydrogen) atoms. The summed E-state index contributed by atoms with van der Waals surface area (Å²) in [5.74, 6) is 2.85. The van der Waals surface area contributed by atoms with Crippen molar-refractivity contribution in [3.8, 4) is 18.1 Å². The Kier molecular flexibility index (Phi) is 3.27. The van der Waals surface area contributed by atoms with E-state index < -0.39 is 0 Å². The van der Waals surface area contributed by atoms with E-state index in [0.717, 1.165) is 5.56 Å². The molecule has 2 rings (SSSR count). The number of aromatic amines is 1. The Bertz CT molecular complexity index is 594. The first kappa shape index (κ1) is 11.0. The number of benzene rings is 1. The van der Waals surface area contributed by atoms with E-state index in [9.17, 15) is 4.79 Å². The molecule has 0 unspecified atom stereocenters. The minimum absolute atomic E-state index is 0.261. The summed E-state index contributed by atoms with van der Waals surface area (Å²) in [6, 6.07) is 12.7. The van der Waals surface area contributed by atoms with Crippen LogP contribution in [-0.4, -0.2) is 4.98 Å². The van der Waals surface area contributed by atoms with E-state index in [4.69, 9.17) is 11.2 Å². The van der Waals surface area contributed by atoms with Crippen molar-refractivity contribution in [1.29, 1.82) is 0 Å². The third-order valence-electron chi connectivity index (χ3n) is 2.22. The van der Waals surface area contributed by atoms with E-state index in [1.807, 2.05) is 30.3 Å². The summed E-state index contributed by atoms with van der Waals surface area (Å²) < 4.78 is 5.50. The smallest absolute Gasteiger partial charge is 0.252 e. The molecule has 3 nitrogen and oxygen atoms in total. The van der Waals surface area contributed by atoms with E-state index in [1.165, 1.54) is 6.07 Å². The number of pyridine rings is 1. The van der Waals surface area contributed by atoms with Crippen molar-refractivity contribution in [3.05, 3.63) is 64.1 Å². The first-order valence-electron chi connectivity index (χ1n) is 5.15. The number of nitrogens with one attached hydrogen (secondary N) is 1. The Hall–Kier alpha value is -2.47. The van der Waals surface area contributed by atoms with Gasteiger partial charge in [0.25, 0.3) is 5.56 Å². The average Bonchev–Trinajstić information content (AvgIpc) is 2.37. The van der Waals surface area contributed by atoms with Gasteiger partial charge in [0.2, 0.25) is 0 Å². The second kappa shape index (κ2) is 5.04.